The van der Waals surface area contributed by atoms with Crippen LogP contribution in [0, 0.1) is 5.82 Å². The second-order valence-corrected chi connectivity index (χ2v) is 6.17. The molecule has 0 saturated carbocycles. The quantitative estimate of drug-likeness (QED) is 0.567. The molecule has 1 aromatic carbocycles. The molecule has 0 bridgehead atoms. The molecule has 2 aromatic heterocycles. The van der Waals surface area contributed by atoms with E-state index in [1.165, 1.54) is 24.5 Å². The van der Waals surface area contributed by atoms with Gasteiger partial charge in [0.2, 0.25) is 11.8 Å². The first-order chi connectivity index (χ1) is 13.4. The van der Waals surface area contributed by atoms with Gasteiger partial charge >= 0.3 is 0 Å². The molecule has 144 valence electrons. The molecule has 0 aliphatic heterocycles. The van der Waals surface area contributed by atoms with Gasteiger partial charge in [-0.1, -0.05) is 6.58 Å². The maximum atomic E-state index is 13.8. The normalized spacial score (nSPS) is 10.7. The SMILES string of the molecule is C=CC(=O)Nc1cc(Oc2cnc3[nH]cc(C(=O)NC(C)C)c3n2)ccc1F. The molecule has 0 aliphatic carbocycles. The fourth-order valence-electron chi connectivity index (χ4n) is 2.41. The number of aromatic amines is 1. The summed E-state index contributed by atoms with van der Waals surface area (Å²) >= 11 is 0. The minimum absolute atomic E-state index is 0.0340. The number of rotatable bonds is 6. The molecule has 2 heterocycles. The summed E-state index contributed by atoms with van der Waals surface area (Å²) in [4.78, 5) is 35.1. The Labute approximate surface area is 159 Å². The van der Waals surface area contributed by atoms with Crippen LogP contribution in [0.2, 0.25) is 0 Å². The summed E-state index contributed by atoms with van der Waals surface area (Å²) in [5.41, 5.74) is 1.05. The molecule has 3 aromatic rings. The predicted octanol–water partition coefficient (Wildman–Crippen LogP) is 3.15. The highest BCUT2D eigenvalue weighted by atomic mass is 19.1. The van der Waals surface area contributed by atoms with Crippen LogP contribution in [0.15, 0.2) is 43.2 Å². The lowest BCUT2D eigenvalue weighted by molar-refractivity contribution is -0.111. The van der Waals surface area contributed by atoms with E-state index in [0.717, 1.165) is 12.1 Å². The summed E-state index contributed by atoms with van der Waals surface area (Å²) in [6.07, 6.45) is 3.92. The molecule has 0 saturated heterocycles. The van der Waals surface area contributed by atoms with Crippen LogP contribution in [-0.2, 0) is 4.79 Å². The molecule has 3 N–H and O–H groups in total. The summed E-state index contributed by atoms with van der Waals surface area (Å²) < 4.78 is 19.5. The van der Waals surface area contributed by atoms with E-state index in [-0.39, 0.29) is 29.3 Å². The molecule has 28 heavy (non-hydrogen) atoms. The third kappa shape index (κ3) is 4.14. The van der Waals surface area contributed by atoms with Crippen LogP contribution >= 0.6 is 0 Å². The summed E-state index contributed by atoms with van der Waals surface area (Å²) in [5.74, 6) is -1.12. The highest BCUT2D eigenvalue weighted by Gasteiger charge is 2.16. The number of fused-ring (bicyclic) bond motifs is 1. The summed E-state index contributed by atoms with van der Waals surface area (Å²) in [6.45, 7) is 7.02. The molecule has 0 fully saturated rings. The minimum Gasteiger partial charge on any atom is -0.437 e. The van der Waals surface area contributed by atoms with E-state index in [4.69, 9.17) is 4.74 Å². The molecule has 8 nitrogen and oxygen atoms in total. The number of aromatic nitrogens is 3. The summed E-state index contributed by atoms with van der Waals surface area (Å²) in [7, 11) is 0. The third-order valence-corrected chi connectivity index (χ3v) is 3.63. The van der Waals surface area contributed by atoms with E-state index < -0.39 is 11.7 Å². The topological polar surface area (TPSA) is 109 Å². The van der Waals surface area contributed by atoms with Crippen molar-refractivity contribution >= 4 is 28.7 Å². The Morgan fingerprint density at radius 2 is 2.14 bits per heavy atom. The van der Waals surface area contributed by atoms with Crippen molar-refractivity contribution in [2.45, 2.75) is 19.9 Å². The molecule has 0 radical (unpaired) electrons. The van der Waals surface area contributed by atoms with E-state index in [0.29, 0.717) is 16.7 Å². The zero-order valence-corrected chi connectivity index (χ0v) is 15.2. The minimum atomic E-state index is -0.623. The van der Waals surface area contributed by atoms with Gasteiger partial charge in [0.05, 0.1) is 17.4 Å². The van der Waals surface area contributed by atoms with Crippen LogP contribution < -0.4 is 15.4 Å². The van der Waals surface area contributed by atoms with Gasteiger partial charge in [-0.05, 0) is 32.1 Å². The van der Waals surface area contributed by atoms with Gasteiger partial charge in [-0.3, -0.25) is 9.59 Å². The third-order valence-electron chi connectivity index (χ3n) is 3.63. The second-order valence-electron chi connectivity index (χ2n) is 6.17. The Kier molecular flexibility index (Phi) is 5.35. The Balaban J connectivity index is 1.88. The van der Waals surface area contributed by atoms with Crippen molar-refractivity contribution in [2.24, 2.45) is 0 Å². The second kappa shape index (κ2) is 7.87. The van der Waals surface area contributed by atoms with Crippen molar-refractivity contribution < 1.29 is 18.7 Å². The van der Waals surface area contributed by atoms with E-state index >= 15 is 0 Å². The zero-order chi connectivity index (χ0) is 20.3. The van der Waals surface area contributed by atoms with Gasteiger partial charge in [-0.2, -0.15) is 0 Å². The average molecular weight is 383 g/mol. The highest BCUT2D eigenvalue weighted by Crippen LogP contribution is 2.26. The molecule has 2 amide bonds. The maximum Gasteiger partial charge on any atom is 0.255 e. The van der Waals surface area contributed by atoms with E-state index in [1.54, 1.807) is 0 Å². The van der Waals surface area contributed by atoms with Crippen LogP contribution in [0.1, 0.15) is 24.2 Å². The molecule has 0 aliphatic rings. The van der Waals surface area contributed by atoms with Gasteiger partial charge < -0.3 is 20.4 Å². The Hall–Kier alpha value is -3.75. The first kappa shape index (κ1) is 19.0. The lowest BCUT2D eigenvalue weighted by Gasteiger charge is -2.09. The van der Waals surface area contributed by atoms with Crippen LogP contribution in [-0.4, -0.2) is 32.8 Å². The Bertz CT molecular complexity index is 1060. The molecule has 9 heteroatoms. The first-order valence-corrected chi connectivity index (χ1v) is 8.43. The fourth-order valence-corrected chi connectivity index (χ4v) is 2.41. The van der Waals surface area contributed by atoms with Crippen LogP contribution in [0.3, 0.4) is 0 Å². The maximum absolute atomic E-state index is 13.8. The number of hydrogen-bond acceptors (Lipinski definition) is 5. The van der Waals surface area contributed by atoms with E-state index in [1.807, 2.05) is 13.8 Å². The Morgan fingerprint density at radius 1 is 1.36 bits per heavy atom. The number of benzene rings is 1. The van der Waals surface area contributed by atoms with Crippen LogP contribution in [0.25, 0.3) is 11.2 Å². The molecule has 0 spiro atoms. The van der Waals surface area contributed by atoms with Crippen LogP contribution in [0.5, 0.6) is 11.6 Å². The van der Waals surface area contributed by atoms with Gasteiger partial charge in [0, 0.05) is 18.3 Å². The van der Waals surface area contributed by atoms with Crippen molar-refractivity contribution in [3.8, 4) is 11.6 Å². The van der Waals surface area contributed by atoms with Crippen molar-refractivity contribution in [1.82, 2.24) is 20.3 Å². The molecule has 3 rings (SSSR count). The monoisotopic (exact) mass is 383 g/mol. The summed E-state index contributed by atoms with van der Waals surface area (Å²) in [6, 6.07) is 3.81. The lowest BCUT2D eigenvalue weighted by Crippen LogP contribution is -2.29. The van der Waals surface area contributed by atoms with Crippen molar-refractivity contribution in [1.29, 1.82) is 0 Å². The number of anilines is 1. The first-order valence-electron chi connectivity index (χ1n) is 8.43. The predicted molar refractivity (Wildman–Crippen MR) is 102 cm³/mol. The number of amides is 2. The largest absolute Gasteiger partial charge is 0.437 e. The van der Waals surface area contributed by atoms with E-state index in [9.17, 15) is 14.0 Å². The number of halogens is 1. The number of nitrogens with zero attached hydrogens (tertiary/aromatic N) is 2. The van der Waals surface area contributed by atoms with Crippen molar-refractivity contribution in [2.75, 3.05) is 5.32 Å². The molecule has 0 atom stereocenters. The lowest BCUT2D eigenvalue weighted by atomic mass is 10.2. The molecule has 0 unspecified atom stereocenters. The standard InChI is InChI=1S/C19H18FN5O3/c1-4-15(26)24-14-7-11(5-6-13(14)20)28-16-9-22-18-17(25-16)12(8-21-18)19(27)23-10(2)3/h4-10H,1H2,2-3H3,(H,21,22)(H,23,27)(H,24,26). The van der Waals surface area contributed by atoms with Gasteiger partial charge in [0.15, 0.2) is 5.65 Å². The number of carbonyl (C=O) groups excluding carboxylic acids is 2. The van der Waals surface area contributed by atoms with Crippen LogP contribution in [0.4, 0.5) is 10.1 Å². The molecular formula is C19H18FN5O3. The summed E-state index contributed by atoms with van der Waals surface area (Å²) in [5, 5.41) is 5.13. The van der Waals surface area contributed by atoms with E-state index in [2.05, 4.69) is 32.2 Å². The number of hydrogen-bond donors (Lipinski definition) is 3. The highest BCUT2D eigenvalue weighted by molar-refractivity contribution is 6.04. The molecular weight excluding hydrogens is 365 g/mol. The average Bonchev–Trinajstić information content (AvgIpc) is 3.07. The Morgan fingerprint density at radius 3 is 2.86 bits per heavy atom. The van der Waals surface area contributed by atoms with Gasteiger partial charge in [0.25, 0.3) is 5.91 Å². The number of ether oxygens (including phenoxy) is 1. The smallest absolute Gasteiger partial charge is 0.255 e. The van der Waals surface area contributed by atoms with Gasteiger partial charge in [-0.15, -0.1) is 0 Å². The number of carbonyl (C=O) groups is 2. The van der Waals surface area contributed by atoms with Gasteiger partial charge in [-0.25, -0.2) is 14.4 Å². The van der Waals surface area contributed by atoms with Crippen molar-refractivity contribution in [3.05, 3.63) is 54.6 Å². The zero-order valence-electron chi connectivity index (χ0n) is 15.2. The van der Waals surface area contributed by atoms with Crippen molar-refractivity contribution in [3.63, 3.8) is 0 Å². The number of nitrogens with one attached hydrogen (secondary N) is 3. The number of H-pyrrole nitrogens is 1. The fraction of sp³-hybridized carbons (Fsp3) is 0.158. The van der Waals surface area contributed by atoms with Gasteiger partial charge in [0.1, 0.15) is 17.1 Å².